The predicted molar refractivity (Wildman–Crippen MR) is 96.4 cm³/mol. The van der Waals surface area contributed by atoms with Crippen LogP contribution in [0.15, 0.2) is 34.9 Å². The molecule has 2 N–H and O–H groups in total. The number of carbonyl (C=O) groups is 1. The van der Waals surface area contributed by atoms with Crippen molar-refractivity contribution in [1.29, 1.82) is 0 Å². The summed E-state index contributed by atoms with van der Waals surface area (Å²) in [6.45, 7) is 0.895. The third-order valence-corrected chi connectivity index (χ3v) is 7.41. The summed E-state index contributed by atoms with van der Waals surface area (Å²) in [5, 5.41) is 17.3. The first-order valence-corrected chi connectivity index (χ1v) is 9.91. The molecule has 0 radical (unpaired) electrons. The van der Waals surface area contributed by atoms with Crippen molar-refractivity contribution in [2.75, 3.05) is 6.54 Å². The summed E-state index contributed by atoms with van der Waals surface area (Å²) in [6, 6.07) is 11.2. The highest BCUT2D eigenvalue weighted by molar-refractivity contribution is 5.80. The summed E-state index contributed by atoms with van der Waals surface area (Å²) in [5.74, 6) is 1.43. The maximum Gasteiger partial charge on any atom is 0.309 e. The zero-order valence-corrected chi connectivity index (χ0v) is 15.1. The molecule has 1 aromatic heterocycles. The van der Waals surface area contributed by atoms with E-state index >= 15 is 0 Å². The zero-order chi connectivity index (χ0) is 18.3. The molecular weight excluding hydrogens is 342 g/mol. The number of hydrogen-bond donors (Lipinski definition) is 2. The second kappa shape index (κ2) is 4.98. The Morgan fingerprint density at radius 2 is 1.96 bits per heavy atom. The van der Waals surface area contributed by atoms with Crippen molar-refractivity contribution in [2.45, 2.75) is 61.3 Å². The molecule has 2 bridgehead atoms. The lowest BCUT2D eigenvalue weighted by Gasteiger charge is -2.65. The summed E-state index contributed by atoms with van der Waals surface area (Å²) in [6.07, 6.45) is 5.34. The van der Waals surface area contributed by atoms with Gasteiger partial charge in [-0.05, 0) is 44.1 Å². The zero-order valence-electron chi connectivity index (χ0n) is 15.1. The van der Waals surface area contributed by atoms with Gasteiger partial charge in [-0.3, -0.25) is 4.79 Å². The Kier molecular flexibility index (Phi) is 2.92. The first kappa shape index (κ1) is 15.8. The van der Waals surface area contributed by atoms with Crippen molar-refractivity contribution in [3.63, 3.8) is 0 Å². The molecule has 7 rings (SSSR count). The van der Waals surface area contributed by atoms with Crippen LogP contribution in [0.2, 0.25) is 0 Å². The van der Waals surface area contributed by atoms with Gasteiger partial charge in [0.25, 0.3) is 0 Å². The molecule has 0 aliphatic heterocycles. The van der Waals surface area contributed by atoms with E-state index in [1.54, 1.807) is 0 Å². The molecule has 6 nitrogen and oxygen atoms in total. The first-order chi connectivity index (χ1) is 13.0. The Bertz CT molecular complexity index is 898. The molecule has 1 aromatic carbocycles. The SMILES string of the molecule is O=C(O)C12CC(c3nc(C4(CNC5C[C@@H]5c5ccccc5)CC4)no3)(C1)C2. The molecule has 5 fully saturated rings. The number of carboxylic acids is 1. The third-order valence-electron chi connectivity index (χ3n) is 7.41. The predicted octanol–water partition coefficient (Wildman–Crippen LogP) is 2.75. The standard InChI is InChI=1S/C21H23N3O3/c25-18(26)21-9-20(10-21,11-21)17-23-16(24-27-17)19(6-7-19)12-22-15-8-14(15)13-4-2-1-3-5-13/h1-5,14-15,22H,6-12H2,(H,25,26)/t14-,15?,20?,21?/m1/s1. The molecule has 5 aliphatic rings. The Morgan fingerprint density at radius 3 is 2.63 bits per heavy atom. The molecule has 2 aromatic rings. The molecule has 0 amide bonds. The van der Waals surface area contributed by atoms with Crippen LogP contribution in [0.3, 0.4) is 0 Å². The van der Waals surface area contributed by atoms with E-state index in [2.05, 4.69) is 40.8 Å². The minimum atomic E-state index is -0.676. The van der Waals surface area contributed by atoms with Crippen LogP contribution < -0.4 is 5.32 Å². The fraction of sp³-hybridized carbons (Fsp3) is 0.571. The summed E-state index contributed by atoms with van der Waals surface area (Å²) < 4.78 is 5.59. The van der Waals surface area contributed by atoms with E-state index in [4.69, 9.17) is 9.51 Å². The number of aromatic nitrogens is 2. The lowest BCUT2D eigenvalue weighted by molar-refractivity contribution is -0.199. The molecule has 6 heteroatoms. The van der Waals surface area contributed by atoms with E-state index < -0.39 is 11.4 Å². The molecule has 27 heavy (non-hydrogen) atoms. The molecule has 5 aliphatic carbocycles. The molecule has 140 valence electrons. The first-order valence-electron chi connectivity index (χ1n) is 9.91. The van der Waals surface area contributed by atoms with Gasteiger partial charge in [-0.15, -0.1) is 0 Å². The van der Waals surface area contributed by atoms with Gasteiger partial charge in [-0.2, -0.15) is 4.98 Å². The topological polar surface area (TPSA) is 88.2 Å². The van der Waals surface area contributed by atoms with Crippen LogP contribution in [-0.4, -0.2) is 33.8 Å². The third kappa shape index (κ3) is 2.19. The van der Waals surface area contributed by atoms with E-state index in [0.717, 1.165) is 25.2 Å². The van der Waals surface area contributed by atoms with E-state index in [1.165, 1.54) is 12.0 Å². The highest BCUT2D eigenvalue weighted by Crippen LogP contribution is 2.73. The van der Waals surface area contributed by atoms with Gasteiger partial charge in [0.1, 0.15) is 0 Å². The Hall–Kier alpha value is -2.21. The number of benzene rings is 1. The van der Waals surface area contributed by atoms with Crippen LogP contribution in [0, 0.1) is 5.41 Å². The summed E-state index contributed by atoms with van der Waals surface area (Å²) >= 11 is 0. The van der Waals surface area contributed by atoms with Crippen LogP contribution in [0.25, 0.3) is 0 Å². The Labute approximate surface area is 157 Å². The number of nitrogens with one attached hydrogen (secondary N) is 1. The second-order valence-electron chi connectivity index (χ2n) is 9.34. The summed E-state index contributed by atoms with van der Waals surface area (Å²) in [7, 11) is 0. The number of hydrogen-bond acceptors (Lipinski definition) is 5. The van der Waals surface area contributed by atoms with Crippen molar-refractivity contribution in [1.82, 2.24) is 15.5 Å². The molecule has 0 saturated heterocycles. The smallest absolute Gasteiger partial charge is 0.309 e. The Balaban J connectivity index is 1.10. The fourth-order valence-corrected chi connectivity index (χ4v) is 5.34. The molecule has 2 atom stereocenters. The van der Waals surface area contributed by atoms with Gasteiger partial charge in [-0.25, -0.2) is 0 Å². The van der Waals surface area contributed by atoms with Gasteiger partial charge in [0.15, 0.2) is 5.82 Å². The van der Waals surface area contributed by atoms with Gasteiger partial charge in [0.05, 0.1) is 10.8 Å². The van der Waals surface area contributed by atoms with E-state index in [9.17, 15) is 9.90 Å². The fourth-order valence-electron chi connectivity index (χ4n) is 5.34. The summed E-state index contributed by atoms with van der Waals surface area (Å²) in [4.78, 5) is 16.0. The van der Waals surface area contributed by atoms with Gasteiger partial charge >= 0.3 is 5.97 Å². The van der Waals surface area contributed by atoms with E-state index in [0.29, 0.717) is 37.1 Å². The van der Waals surface area contributed by atoms with Crippen LogP contribution in [0.5, 0.6) is 0 Å². The van der Waals surface area contributed by atoms with E-state index in [1.807, 2.05) is 0 Å². The quantitative estimate of drug-likeness (QED) is 0.784. The number of nitrogens with zero attached hydrogens (tertiary/aromatic N) is 2. The second-order valence-corrected chi connectivity index (χ2v) is 9.34. The van der Waals surface area contributed by atoms with Gasteiger partial charge < -0.3 is 14.9 Å². The molecule has 0 spiro atoms. The van der Waals surface area contributed by atoms with Crippen molar-refractivity contribution in [3.8, 4) is 0 Å². The van der Waals surface area contributed by atoms with Crippen LogP contribution in [0.1, 0.15) is 61.7 Å². The average molecular weight is 365 g/mol. The molecular formula is C21H23N3O3. The highest BCUT2D eigenvalue weighted by atomic mass is 16.5. The number of carboxylic acid groups (broad SMARTS) is 1. The lowest BCUT2D eigenvalue weighted by atomic mass is 9.35. The number of aliphatic carboxylic acids is 1. The van der Waals surface area contributed by atoms with E-state index in [-0.39, 0.29) is 10.8 Å². The molecule has 1 unspecified atom stereocenters. The minimum absolute atomic E-state index is 0.0135. The lowest BCUT2D eigenvalue weighted by Crippen LogP contribution is -2.68. The van der Waals surface area contributed by atoms with Gasteiger partial charge in [0, 0.05) is 23.9 Å². The summed E-state index contributed by atoms with van der Waals surface area (Å²) in [5.41, 5.74) is 0.769. The van der Waals surface area contributed by atoms with Crippen molar-refractivity contribution in [2.24, 2.45) is 5.41 Å². The highest BCUT2D eigenvalue weighted by Gasteiger charge is 2.75. The van der Waals surface area contributed by atoms with Gasteiger partial charge in [-0.1, -0.05) is 35.5 Å². The largest absolute Gasteiger partial charge is 0.481 e. The maximum atomic E-state index is 11.3. The normalized spacial score (nSPS) is 37.2. The van der Waals surface area contributed by atoms with Gasteiger partial charge in [0.2, 0.25) is 5.89 Å². The Morgan fingerprint density at radius 1 is 1.22 bits per heavy atom. The monoisotopic (exact) mass is 365 g/mol. The molecule has 5 saturated carbocycles. The average Bonchev–Trinajstić information content (AvgIpc) is 3.49. The van der Waals surface area contributed by atoms with Crippen molar-refractivity contribution in [3.05, 3.63) is 47.6 Å². The van der Waals surface area contributed by atoms with Crippen LogP contribution >= 0.6 is 0 Å². The number of rotatable bonds is 7. The van der Waals surface area contributed by atoms with Crippen LogP contribution in [-0.2, 0) is 15.6 Å². The molecule has 1 heterocycles. The maximum absolute atomic E-state index is 11.3. The van der Waals surface area contributed by atoms with Crippen molar-refractivity contribution >= 4 is 5.97 Å². The van der Waals surface area contributed by atoms with Crippen molar-refractivity contribution < 1.29 is 14.4 Å². The minimum Gasteiger partial charge on any atom is -0.481 e. The van der Waals surface area contributed by atoms with Crippen LogP contribution in [0.4, 0.5) is 0 Å².